The lowest BCUT2D eigenvalue weighted by Gasteiger charge is -2.40. The summed E-state index contributed by atoms with van der Waals surface area (Å²) in [6, 6.07) is 16.6. The predicted molar refractivity (Wildman–Crippen MR) is 135 cm³/mol. The summed E-state index contributed by atoms with van der Waals surface area (Å²) in [6.45, 7) is 0.835. The van der Waals surface area contributed by atoms with Crippen molar-refractivity contribution in [2.75, 3.05) is 24.4 Å². The molecule has 6 nitrogen and oxygen atoms in total. The van der Waals surface area contributed by atoms with Crippen molar-refractivity contribution in [3.05, 3.63) is 95.0 Å². The Morgan fingerprint density at radius 1 is 1.06 bits per heavy atom. The molecule has 0 bridgehead atoms. The molecule has 3 aromatic carbocycles. The Kier molecular flexibility index (Phi) is 7.80. The first kappa shape index (κ1) is 25.9. The maximum absolute atomic E-state index is 14.9. The fourth-order valence-corrected chi connectivity index (χ4v) is 6.18. The van der Waals surface area contributed by atoms with E-state index in [2.05, 4.69) is 0 Å². The van der Waals surface area contributed by atoms with Gasteiger partial charge >= 0.3 is 6.03 Å². The van der Waals surface area contributed by atoms with Crippen LogP contribution in [0.5, 0.6) is 0 Å². The number of sulfonamides is 1. The summed E-state index contributed by atoms with van der Waals surface area (Å²) in [5.74, 6) is -1.65. The van der Waals surface area contributed by atoms with Crippen molar-refractivity contribution in [2.24, 2.45) is 0 Å². The Labute approximate surface area is 214 Å². The van der Waals surface area contributed by atoms with Gasteiger partial charge < -0.3 is 9.80 Å². The molecule has 1 unspecified atom stereocenters. The molecule has 0 N–H and O–H groups in total. The molecule has 2 amide bonds. The van der Waals surface area contributed by atoms with Gasteiger partial charge in [-0.1, -0.05) is 41.9 Å². The summed E-state index contributed by atoms with van der Waals surface area (Å²) < 4.78 is 57.5. The second-order valence-corrected chi connectivity index (χ2v) is 11.0. The number of rotatable bonds is 6. The van der Waals surface area contributed by atoms with Crippen LogP contribution in [0, 0.1) is 11.6 Å². The highest BCUT2D eigenvalue weighted by molar-refractivity contribution is 7.92. The molecule has 1 heterocycles. The molecule has 190 valence electrons. The number of amides is 2. The molecule has 1 fully saturated rings. The first-order valence-corrected chi connectivity index (χ1v) is 13.3. The second-order valence-electron chi connectivity index (χ2n) is 8.72. The molecule has 1 saturated heterocycles. The van der Waals surface area contributed by atoms with Crippen molar-refractivity contribution >= 4 is 33.3 Å². The zero-order valence-corrected chi connectivity index (χ0v) is 21.2. The number of anilines is 1. The van der Waals surface area contributed by atoms with Gasteiger partial charge in [-0.05, 0) is 54.8 Å². The average Bonchev–Trinajstić information content (AvgIpc) is 2.87. The lowest BCUT2D eigenvalue weighted by Crippen LogP contribution is -2.54. The summed E-state index contributed by atoms with van der Waals surface area (Å²) in [6.07, 6.45) is 0.869. The number of carbonyl (C=O) groups excluding carboxylic acids is 1. The van der Waals surface area contributed by atoms with Gasteiger partial charge in [-0.15, -0.1) is 0 Å². The van der Waals surface area contributed by atoms with Crippen LogP contribution in [-0.4, -0.2) is 50.4 Å². The maximum Gasteiger partial charge on any atom is 0.320 e. The zero-order chi connectivity index (χ0) is 25.9. The molecule has 1 atom stereocenters. The number of likely N-dealkylation sites (tertiary alicyclic amines) is 1. The van der Waals surface area contributed by atoms with Crippen LogP contribution >= 0.6 is 11.6 Å². The van der Waals surface area contributed by atoms with E-state index >= 15 is 0 Å². The minimum absolute atomic E-state index is 0.0285. The summed E-state index contributed by atoms with van der Waals surface area (Å²) >= 11 is 5.93. The number of carbonyl (C=O) groups is 1. The topological polar surface area (TPSA) is 60.9 Å². The molecule has 1 aliphatic heterocycles. The van der Waals surface area contributed by atoms with Crippen molar-refractivity contribution in [2.45, 2.75) is 30.3 Å². The molecular formula is C26H26ClF2N3O3S. The first-order chi connectivity index (χ1) is 17.2. The molecule has 4 rings (SSSR count). The number of halogens is 3. The summed E-state index contributed by atoms with van der Waals surface area (Å²) in [4.78, 5) is 16.2. The molecule has 0 aromatic heterocycles. The Morgan fingerprint density at radius 2 is 1.75 bits per heavy atom. The normalized spacial score (nSPS) is 16.0. The Hall–Kier alpha value is -3.17. The van der Waals surface area contributed by atoms with Crippen molar-refractivity contribution in [3.8, 4) is 0 Å². The highest BCUT2D eigenvalue weighted by Crippen LogP contribution is 2.33. The van der Waals surface area contributed by atoms with Gasteiger partial charge in [-0.2, -0.15) is 0 Å². The molecule has 0 saturated carbocycles. The van der Waals surface area contributed by atoms with Crippen LogP contribution in [0.2, 0.25) is 5.02 Å². The van der Waals surface area contributed by atoms with Crippen LogP contribution in [-0.2, 0) is 16.6 Å². The number of urea groups is 1. The highest BCUT2D eigenvalue weighted by Gasteiger charge is 2.38. The van der Waals surface area contributed by atoms with Crippen LogP contribution in [0.15, 0.2) is 77.7 Å². The third kappa shape index (κ3) is 5.63. The van der Waals surface area contributed by atoms with Crippen LogP contribution < -0.4 is 4.31 Å². The molecule has 0 spiro atoms. The highest BCUT2D eigenvalue weighted by atomic mass is 35.5. The minimum atomic E-state index is -4.31. The lowest BCUT2D eigenvalue weighted by atomic mass is 10.1. The zero-order valence-electron chi connectivity index (χ0n) is 19.6. The van der Waals surface area contributed by atoms with Crippen LogP contribution in [0.4, 0.5) is 19.3 Å². The molecule has 0 aliphatic carbocycles. The quantitative estimate of drug-likeness (QED) is 0.418. The maximum atomic E-state index is 14.9. The van der Waals surface area contributed by atoms with Gasteiger partial charge in [0.1, 0.15) is 11.6 Å². The van der Waals surface area contributed by atoms with E-state index in [1.54, 1.807) is 16.8 Å². The van der Waals surface area contributed by atoms with Crippen LogP contribution in [0.25, 0.3) is 0 Å². The summed E-state index contributed by atoms with van der Waals surface area (Å²) in [5, 5.41) is 0.341. The van der Waals surface area contributed by atoms with E-state index in [1.807, 2.05) is 30.3 Å². The summed E-state index contributed by atoms with van der Waals surface area (Å²) in [7, 11) is -2.64. The van der Waals surface area contributed by atoms with Gasteiger partial charge in [0.25, 0.3) is 10.0 Å². The third-order valence-corrected chi connectivity index (χ3v) is 8.24. The van der Waals surface area contributed by atoms with E-state index in [0.29, 0.717) is 31.0 Å². The van der Waals surface area contributed by atoms with E-state index in [4.69, 9.17) is 11.6 Å². The fourth-order valence-electron chi connectivity index (χ4n) is 4.38. The minimum Gasteiger partial charge on any atom is -0.323 e. The first-order valence-electron chi connectivity index (χ1n) is 11.5. The molecular weight excluding hydrogens is 508 g/mol. The van der Waals surface area contributed by atoms with E-state index in [9.17, 15) is 22.0 Å². The standard InChI is InChI=1S/C26H26ClF2N3O3S/c1-30(17-19-6-3-2-4-7-19)26(33)31-15-5-8-22(18-31)32(25-16-21(28)11-14-24(25)29)36(34,35)23-12-9-20(27)10-13-23/h2-4,6-7,9-14,16,22H,5,8,15,17-18H2,1H3. The SMILES string of the molecule is CN(Cc1ccccc1)C(=O)N1CCCC(N(c2cc(F)ccc2F)S(=O)(=O)c2ccc(Cl)cc2)C1. The fraction of sp³-hybridized carbons (Fsp3) is 0.269. The molecule has 3 aromatic rings. The van der Waals surface area contributed by atoms with Gasteiger partial charge in [0.15, 0.2) is 0 Å². The van der Waals surface area contributed by atoms with Crippen molar-refractivity contribution in [1.29, 1.82) is 0 Å². The van der Waals surface area contributed by atoms with Crippen molar-refractivity contribution in [3.63, 3.8) is 0 Å². The number of benzene rings is 3. The van der Waals surface area contributed by atoms with E-state index in [-0.39, 0.29) is 17.5 Å². The predicted octanol–water partition coefficient (Wildman–Crippen LogP) is 5.53. The number of hydrogen-bond acceptors (Lipinski definition) is 3. The van der Waals surface area contributed by atoms with Crippen molar-refractivity contribution < 1.29 is 22.0 Å². The smallest absolute Gasteiger partial charge is 0.320 e. The number of piperidine rings is 1. The third-order valence-electron chi connectivity index (χ3n) is 6.10. The molecule has 1 aliphatic rings. The Balaban J connectivity index is 1.66. The number of hydrogen-bond donors (Lipinski definition) is 0. The molecule has 36 heavy (non-hydrogen) atoms. The lowest BCUT2D eigenvalue weighted by molar-refractivity contribution is 0.146. The molecule has 10 heteroatoms. The van der Waals surface area contributed by atoms with E-state index in [0.717, 1.165) is 28.1 Å². The van der Waals surface area contributed by atoms with Crippen LogP contribution in [0.1, 0.15) is 18.4 Å². The Morgan fingerprint density at radius 3 is 2.44 bits per heavy atom. The molecule has 0 radical (unpaired) electrons. The second kappa shape index (κ2) is 10.8. The van der Waals surface area contributed by atoms with Gasteiger partial charge in [0, 0.05) is 37.8 Å². The Bertz CT molecular complexity index is 1320. The summed E-state index contributed by atoms with van der Waals surface area (Å²) in [5.41, 5.74) is 0.553. The van der Waals surface area contributed by atoms with Gasteiger partial charge in [-0.25, -0.2) is 22.0 Å². The number of nitrogens with zero attached hydrogens (tertiary/aromatic N) is 3. The van der Waals surface area contributed by atoms with Crippen molar-refractivity contribution in [1.82, 2.24) is 9.80 Å². The van der Waals surface area contributed by atoms with Gasteiger partial charge in [0.05, 0.1) is 16.6 Å². The van der Waals surface area contributed by atoms with Gasteiger partial charge in [-0.3, -0.25) is 4.31 Å². The van der Waals surface area contributed by atoms with E-state index < -0.39 is 33.4 Å². The van der Waals surface area contributed by atoms with E-state index in [1.165, 1.54) is 24.3 Å². The largest absolute Gasteiger partial charge is 0.323 e. The van der Waals surface area contributed by atoms with Crippen LogP contribution in [0.3, 0.4) is 0 Å². The monoisotopic (exact) mass is 533 g/mol. The van der Waals surface area contributed by atoms with Gasteiger partial charge in [0.2, 0.25) is 0 Å². The average molecular weight is 534 g/mol.